The molecule has 0 amide bonds. The van der Waals surface area contributed by atoms with Crippen molar-refractivity contribution in [1.82, 2.24) is 0 Å². The number of hydrogen-bond acceptors (Lipinski definition) is 4. The molecule has 1 atom stereocenters. The predicted molar refractivity (Wildman–Crippen MR) is 146 cm³/mol. The highest BCUT2D eigenvalue weighted by Crippen LogP contribution is 2.29. The maximum Gasteiger partial charge on any atom is 0.332 e. The van der Waals surface area contributed by atoms with Crippen molar-refractivity contribution in [3.05, 3.63) is 108 Å². The number of rotatable bonds is 11. The lowest BCUT2D eigenvalue weighted by Crippen LogP contribution is -2.22. The molecular formula is C32H34O4. The van der Waals surface area contributed by atoms with E-state index >= 15 is 0 Å². The second kappa shape index (κ2) is 12.4. The first-order chi connectivity index (χ1) is 17.5. The SMILES string of the molecule is CC(C)=CC[C@@H](OC(=O)COCc1c2ccccc2cc2ccccc12)/C(C)=C/CCc1ccoc1. The molecule has 0 aliphatic carbocycles. The molecule has 0 fully saturated rings. The molecule has 4 nitrogen and oxygen atoms in total. The van der Waals surface area contributed by atoms with Crippen molar-refractivity contribution < 1.29 is 18.7 Å². The zero-order valence-corrected chi connectivity index (χ0v) is 21.3. The molecule has 0 unspecified atom stereocenters. The molecule has 0 aliphatic rings. The Bertz CT molecular complexity index is 1300. The van der Waals surface area contributed by atoms with Gasteiger partial charge in [-0.3, -0.25) is 0 Å². The molecule has 3 aromatic carbocycles. The molecule has 186 valence electrons. The highest BCUT2D eigenvalue weighted by atomic mass is 16.6. The van der Waals surface area contributed by atoms with Crippen molar-refractivity contribution in [2.45, 2.75) is 52.7 Å². The molecule has 0 saturated carbocycles. The van der Waals surface area contributed by atoms with Crippen molar-refractivity contribution >= 4 is 27.5 Å². The van der Waals surface area contributed by atoms with Gasteiger partial charge in [0.25, 0.3) is 0 Å². The Hall–Kier alpha value is -3.63. The van der Waals surface area contributed by atoms with E-state index in [-0.39, 0.29) is 18.7 Å². The summed E-state index contributed by atoms with van der Waals surface area (Å²) < 4.78 is 16.9. The summed E-state index contributed by atoms with van der Waals surface area (Å²) in [6.07, 6.45) is 9.79. The average molecular weight is 483 g/mol. The van der Waals surface area contributed by atoms with Gasteiger partial charge in [-0.15, -0.1) is 0 Å². The fraction of sp³-hybridized carbons (Fsp3) is 0.281. The quantitative estimate of drug-likeness (QED) is 0.124. The highest BCUT2D eigenvalue weighted by molar-refractivity contribution is 6.02. The van der Waals surface area contributed by atoms with E-state index < -0.39 is 0 Å². The van der Waals surface area contributed by atoms with Gasteiger partial charge in [-0.25, -0.2) is 4.79 Å². The summed E-state index contributed by atoms with van der Waals surface area (Å²) >= 11 is 0. The van der Waals surface area contributed by atoms with Gasteiger partial charge in [0.05, 0.1) is 19.1 Å². The summed E-state index contributed by atoms with van der Waals surface area (Å²) in [6, 6.07) is 20.7. The zero-order valence-electron chi connectivity index (χ0n) is 21.3. The van der Waals surface area contributed by atoms with Gasteiger partial charge in [-0.05, 0) is 84.0 Å². The summed E-state index contributed by atoms with van der Waals surface area (Å²) in [7, 11) is 0. The van der Waals surface area contributed by atoms with Crippen molar-refractivity contribution in [2.75, 3.05) is 6.61 Å². The standard InChI is InChI=1S/C32H34O4/c1-23(2)15-16-31(24(3)9-8-10-25-17-18-34-20-25)36-32(33)22-35-21-30-28-13-6-4-11-26(28)19-27-12-5-7-14-29(27)30/h4-7,9,11-15,17-20,31H,8,10,16,21-22H2,1-3H3/b24-9+/t31-/m1/s1. The van der Waals surface area contributed by atoms with Gasteiger partial charge < -0.3 is 13.9 Å². The van der Waals surface area contributed by atoms with Gasteiger partial charge in [-0.1, -0.05) is 66.3 Å². The lowest BCUT2D eigenvalue weighted by atomic mass is 9.97. The number of allylic oxidation sites excluding steroid dienone is 2. The minimum Gasteiger partial charge on any atom is -0.472 e. The summed E-state index contributed by atoms with van der Waals surface area (Å²) in [5.41, 5.74) is 4.49. The molecule has 36 heavy (non-hydrogen) atoms. The molecule has 4 heteroatoms. The number of carbonyl (C=O) groups excluding carboxylic acids is 1. The molecule has 4 aromatic rings. The van der Waals surface area contributed by atoms with Crippen LogP contribution in [-0.2, 0) is 27.3 Å². The monoisotopic (exact) mass is 482 g/mol. The molecule has 0 spiro atoms. The lowest BCUT2D eigenvalue weighted by molar-refractivity contribution is -0.153. The third-order valence-electron chi connectivity index (χ3n) is 6.35. The van der Waals surface area contributed by atoms with Crippen LogP contribution in [0.2, 0.25) is 0 Å². The van der Waals surface area contributed by atoms with Crippen molar-refractivity contribution in [1.29, 1.82) is 0 Å². The van der Waals surface area contributed by atoms with Crippen LogP contribution in [0.4, 0.5) is 0 Å². The van der Waals surface area contributed by atoms with E-state index in [1.807, 2.05) is 37.3 Å². The third kappa shape index (κ3) is 6.73. The molecular weight excluding hydrogens is 448 g/mol. The van der Waals surface area contributed by atoms with Crippen LogP contribution in [-0.4, -0.2) is 18.7 Å². The molecule has 4 rings (SSSR count). The van der Waals surface area contributed by atoms with E-state index in [1.165, 1.54) is 5.57 Å². The Morgan fingerprint density at radius 2 is 1.64 bits per heavy atom. The van der Waals surface area contributed by atoms with Gasteiger partial charge in [0.15, 0.2) is 0 Å². The van der Waals surface area contributed by atoms with E-state index in [0.717, 1.165) is 51.1 Å². The second-order valence-electron chi connectivity index (χ2n) is 9.40. The number of furan rings is 1. The summed E-state index contributed by atoms with van der Waals surface area (Å²) in [5, 5.41) is 4.61. The van der Waals surface area contributed by atoms with Crippen LogP contribution in [0.25, 0.3) is 21.5 Å². The third-order valence-corrected chi connectivity index (χ3v) is 6.35. The van der Waals surface area contributed by atoms with Crippen LogP contribution < -0.4 is 0 Å². The van der Waals surface area contributed by atoms with Gasteiger partial charge in [-0.2, -0.15) is 0 Å². The molecule has 0 bridgehead atoms. The normalized spacial score (nSPS) is 12.6. The largest absolute Gasteiger partial charge is 0.472 e. The van der Waals surface area contributed by atoms with Crippen molar-refractivity contribution in [3.8, 4) is 0 Å². The van der Waals surface area contributed by atoms with Gasteiger partial charge in [0, 0.05) is 6.42 Å². The highest BCUT2D eigenvalue weighted by Gasteiger charge is 2.16. The van der Waals surface area contributed by atoms with Gasteiger partial charge in [0.1, 0.15) is 12.7 Å². The fourth-order valence-electron chi connectivity index (χ4n) is 4.40. The number of ether oxygens (including phenoxy) is 2. The number of fused-ring (bicyclic) bond motifs is 2. The van der Waals surface area contributed by atoms with E-state index in [2.05, 4.69) is 56.3 Å². The number of hydrogen-bond donors (Lipinski definition) is 0. The Kier molecular flexibility index (Phi) is 8.75. The molecule has 0 radical (unpaired) electrons. The van der Waals surface area contributed by atoms with Crippen LogP contribution in [0, 0.1) is 0 Å². The van der Waals surface area contributed by atoms with Crippen molar-refractivity contribution in [2.24, 2.45) is 0 Å². The van der Waals surface area contributed by atoms with E-state index in [0.29, 0.717) is 13.0 Å². The van der Waals surface area contributed by atoms with Crippen LogP contribution in [0.3, 0.4) is 0 Å². The first-order valence-electron chi connectivity index (χ1n) is 12.5. The zero-order chi connectivity index (χ0) is 25.3. The van der Waals surface area contributed by atoms with Crippen molar-refractivity contribution in [3.63, 3.8) is 0 Å². The minimum absolute atomic E-state index is 0.0921. The Morgan fingerprint density at radius 1 is 0.944 bits per heavy atom. The van der Waals surface area contributed by atoms with Gasteiger partial charge >= 0.3 is 5.97 Å². The number of carbonyl (C=O) groups is 1. The first kappa shape index (κ1) is 25.5. The Labute approximate surface area is 213 Å². The maximum absolute atomic E-state index is 12.8. The molecule has 0 N–H and O–H groups in total. The van der Waals surface area contributed by atoms with Crippen LogP contribution >= 0.6 is 0 Å². The summed E-state index contributed by atoms with van der Waals surface area (Å²) in [5.74, 6) is -0.353. The number of aryl methyl sites for hydroxylation is 1. The molecule has 1 heterocycles. The predicted octanol–water partition coefficient (Wildman–Crippen LogP) is 7.95. The second-order valence-corrected chi connectivity index (χ2v) is 9.40. The Balaban J connectivity index is 1.40. The Morgan fingerprint density at radius 3 is 2.28 bits per heavy atom. The van der Waals surface area contributed by atoms with E-state index in [1.54, 1.807) is 12.5 Å². The summed E-state index contributed by atoms with van der Waals surface area (Å²) in [4.78, 5) is 12.8. The maximum atomic E-state index is 12.8. The van der Waals surface area contributed by atoms with Crippen LogP contribution in [0.5, 0.6) is 0 Å². The minimum atomic E-state index is -0.353. The van der Waals surface area contributed by atoms with Crippen LogP contribution in [0.15, 0.2) is 101 Å². The topological polar surface area (TPSA) is 48.7 Å². The molecule has 0 saturated heterocycles. The lowest BCUT2D eigenvalue weighted by Gasteiger charge is -2.18. The molecule has 1 aromatic heterocycles. The summed E-state index contributed by atoms with van der Waals surface area (Å²) in [6.45, 7) is 6.37. The van der Waals surface area contributed by atoms with Crippen LogP contribution in [0.1, 0.15) is 44.7 Å². The number of esters is 1. The van der Waals surface area contributed by atoms with Gasteiger partial charge in [0.2, 0.25) is 0 Å². The average Bonchev–Trinajstić information content (AvgIpc) is 3.39. The smallest absolute Gasteiger partial charge is 0.332 e. The fourth-order valence-corrected chi connectivity index (χ4v) is 4.40. The van der Waals surface area contributed by atoms with E-state index in [9.17, 15) is 4.79 Å². The number of benzene rings is 3. The molecule has 0 aliphatic heterocycles. The van der Waals surface area contributed by atoms with E-state index in [4.69, 9.17) is 13.9 Å². The first-order valence-corrected chi connectivity index (χ1v) is 12.5.